The van der Waals surface area contributed by atoms with Crippen LogP contribution in [0.1, 0.15) is 32.9 Å². The number of carboxylic acids is 1. The number of hydrogen-bond acceptors (Lipinski definition) is 6. The number of aromatic nitrogens is 4. The molecule has 0 saturated heterocycles. The maximum atomic E-state index is 11.8. The van der Waals surface area contributed by atoms with Crippen molar-refractivity contribution < 1.29 is 14.7 Å². The van der Waals surface area contributed by atoms with E-state index in [4.69, 9.17) is 5.11 Å². The standard InChI is InChI=1S/C9H9N5O3S/c1-2-4-13-14-9(18-4)12-7(15)5-6(8(16)17)11-3-10-5/h3H,2H2,1H3,(H,10,11)(H,16,17)(H,12,14,15). The number of nitrogens with one attached hydrogen (secondary N) is 2. The van der Waals surface area contributed by atoms with Gasteiger partial charge in [-0.15, -0.1) is 10.2 Å². The molecule has 0 aliphatic carbocycles. The van der Waals surface area contributed by atoms with Gasteiger partial charge in [0.15, 0.2) is 11.4 Å². The quantitative estimate of drug-likeness (QED) is 0.752. The highest BCUT2D eigenvalue weighted by atomic mass is 32.1. The van der Waals surface area contributed by atoms with Gasteiger partial charge in [-0.2, -0.15) is 0 Å². The third-order valence-electron chi connectivity index (χ3n) is 2.06. The van der Waals surface area contributed by atoms with Gasteiger partial charge in [0.2, 0.25) is 5.13 Å². The van der Waals surface area contributed by atoms with Crippen LogP contribution in [0.2, 0.25) is 0 Å². The van der Waals surface area contributed by atoms with Crippen molar-refractivity contribution in [2.75, 3.05) is 5.32 Å². The number of imidazole rings is 1. The van der Waals surface area contributed by atoms with Crippen LogP contribution in [0, 0.1) is 0 Å². The first-order chi connectivity index (χ1) is 8.61. The number of H-pyrrole nitrogens is 1. The summed E-state index contributed by atoms with van der Waals surface area (Å²) < 4.78 is 0. The first-order valence-corrected chi connectivity index (χ1v) is 5.83. The minimum Gasteiger partial charge on any atom is -0.477 e. The number of aryl methyl sites for hydroxylation is 1. The summed E-state index contributed by atoms with van der Waals surface area (Å²) in [6.45, 7) is 1.92. The van der Waals surface area contributed by atoms with Crippen molar-refractivity contribution in [2.45, 2.75) is 13.3 Å². The van der Waals surface area contributed by atoms with Crippen LogP contribution in [-0.2, 0) is 6.42 Å². The van der Waals surface area contributed by atoms with Crippen LogP contribution in [0.3, 0.4) is 0 Å². The molecule has 8 nitrogen and oxygen atoms in total. The van der Waals surface area contributed by atoms with Crippen molar-refractivity contribution >= 4 is 28.3 Å². The molecule has 0 unspecified atom stereocenters. The highest BCUT2D eigenvalue weighted by molar-refractivity contribution is 7.15. The Balaban J connectivity index is 2.16. The summed E-state index contributed by atoms with van der Waals surface area (Å²) in [6, 6.07) is 0. The lowest BCUT2D eigenvalue weighted by atomic mass is 10.3. The van der Waals surface area contributed by atoms with Gasteiger partial charge in [0.25, 0.3) is 5.91 Å². The minimum atomic E-state index is -1.25. The van der Waals surface area contributed by atoms with Crippen molar-refractivity contribution in [3.63, 3.8) is 0 Å². The molecular weight excluding hydrogens is 258 g/mol. The largest absolute Gasteiger partial charge is 0.477 e. The van der Waals surface area contributed by atoms with Gasteiger partial charge in [-0.3, -0.25) is 10.1 Å². The summed E-state index contributed by atoms with van der Waals surface area (Å²) >= 11 is 1.23. The minimum absolute atomic E-state index is 0.184. The second-order valence-electron chi connectivity index (χ2n) is 3.24. The summed E-state index contributed by atoms with van der Waals surface area (Å²) in [5, 5.41) is 20.0. The van der Waals surface area contributed by atoms with Gasteiger partial charge in [0.05, 0.1) is 6.33 Å². The van der Waals surface area contributed by atoms with Crippen LogP contribution < -0.4 is 5.32 Å². The lowest BCUT2D eigenvalue weighted by Gasteiger charge is -1.98. The number of nitrogens with zero attached hydrogens (tertiary/aromatic N) is 3. The van der Waals surface area contributed by atoms with E-state index in [-0.39, 0.29) is 11.4 Å². The van der Waals surface area contributed by atoms with E-state index >= 15 is 0 Å². The molecule has 94 valence electrons. The average Bonchev–Trinajstić information content (AvgIpc) is 2.96. The van der Waals surface area contributed by atoms with Crippen molar-refractivity contribution in [2.24, 2.45) is 0 Å². The second kappa shape index (κ2) is 4.92. The van der Waals surface area contributed by atoms with Crippen molar-refractivity contribution in [1.82, 2.24) is 20.2 Å². The first-order valence-electron chi connectivity index (χ1n) is 5.02. The van der Waals surface area contributed by atoms with Gasteiger partial charge in [0, 0.05) is 0 Å². The third-order valence-corrected chi connectivity index (χ3v) is 3.04. The molecule has 1 amide bonds. The maximum Gasteiger partial charge on any atom is 0.354 e. The number of rotatable bonds is 4. The zero-order valence-electron chi connectivity index (χ0n) is 9.30. The number of carbonyl (C=O) groups excluding carboxylic acids is 1. The van der Waals surface area contributed by atoms with Crippen LogP contribution in [-0.4, -0.2) is 37.1 Å². The molecule has 9 heteroatoms. The summed E-state index contributed by atoms with van der Waals surface area (Å²) in [6.07, 6.45) is 1.87. The second-order valence-corrected chi connectivity index (χ2v) is 4.30. The fraction of sp³-hybridized carbons (Fsp3) is 0.222. The molecule has 0 spiro atoms. The molecule has 2 aromatic heterocycles. The zero-order valence-corrected chi connectivity index (χ0v) is 10.1. The lowest BCUT2D eigenvalue weighted by molar-refractivity contribution is 0.0686. The highest BCUT2D eigenvalue weighted by Crippen LogP contribution is 2.16. The Morgan fingerprint density at radius 2 is 2.28 bits per heavy atom. The van der Waals surface area contributed by atoms with Crippen molar-refractivity contribution in [1.29, 1.82) is 0 Å². The van der Waals surface area contributed by atoms with Crippen LogP contribution in [0.5, 0.6) is 0 Å². The Morgan fingerprint density at radius 1 is 1.50 bits per heavy atom. The molecule has 2 aromatic rings. The maximum absolute atomic E-state index is 11.8. The van der Waals surface area contributed by atoms with E-state index in [2.05, 4.69) is 25.5 Å². The van der Waals surface area contributed by atoms with Crippen LogP contribution in [0.4, 0.5) is 5.13 Å². The van der Waals surface area contributed by atoms with E-state index in [0.29, 0.717) is 5.13 Å². The molecule has 3 N–H and O–H groups in total. The molecule has 0 fully saturated rings. The van der Waals surface area contributed by atoms with Crippen LogP contribution >= 0.6 is 11.3 Å². The molecule has 0 aromatic carbocycles. The van der Waals surface area contributed by atoms with Gasteiger partial charge >= 0.3 is 5.97 Å². The third kappa shape index (κ3) is 2.35. The van der Waals surface area contributed by atoms with Crippen molar-refractivity contribution in [3.8, 4) is 0 Å². The fourth-order valence-electron chi connectivity index (χ4n) is 1.23. The molecule has 0 radical (unpaired) electrons. The fourth-order valence-corrected chi connectivity index (χ4v) is 1.91. The Bertz CT molecular complexity index is 591. The van der Waals surface area contributed by atoms with E-state index < -0.39 is 11.9 Å². The summed E-state index contributed by atoms with van der Waals surface area (Å²) in [7, 11) is 0. The molecule has 0 atom stereocenters. The van der Waals surface area contributed by atoms with E-state index in [9.17, 15) is 9.59 Å². The molecule has 0 bridgehead atoms. The number of anilines is 1. The summed E-state index contributed by atoms with van der Waals surface area (Å²) in [5.41, 5.74) is -0.441. The molecule has 0 aliphatic heterocycles. The predicted molar refractivity (Wildman–Crippen MR) is 62.8 cm³/mol. The zero-order chi connectivity index (χ0) is 13.1. The first kappa shape index (κ1) is 12.2. The van der Waals surface area contributed by atoms with Gasteiger partial charge in [-0.25, -0.2) is 9.78 Å². The number of hydrogen-bond donors (Lipinski definition) is 3. The number of carboxylic acid groups (broad SMARTS) is 1. The summed E-state index contributed by atoms with van der Waals surface area (Å²) in [5.74, 6) is -1.88. The van der Waals surface area contributed by atoms with E-state index in [1.54, 1.807) is 0 Å². The Morgan fingerprint density at radius 3 is 2.89 bits per heavy atom. The van der Waals surface area contributed by atoms with E-state index in [1.807, 2.05) is 6.92 Å². The molecule has 0 aliphatic rings. The molecule has 2 rings (SSSR count). The number of carbonyl (C=O) groups is 2. The Kier molecular flexibility index (Phi) is 3.33. The molecule has 2 heterocycles. The van der Waals surface area contributed by atoms with Crippen LogP contribution in [0.25, 0.3) is 0 Å². The van der Waals surface area contributed by atoms with E-state index in [0.717, 1.165) is 17.8 Å². The van der Waals surface area contributed by atoms with Crippen LogP contribution in [0.15, 0.2) is 6.33 Å². The van der Waals surface area contributed by atoms with Gasteiger partial charge in [-0.1, -0.05) is 18.3 Å². The monoisotopic (exact) mass is 267 g/mol. The lowest BCUT2D eigenvalue weighted by Crippen LogP contribution is -2.16. The predicted octanol–water partition coefficient (Wildman–Crippen LogP) is 0.774. The van der Waals surface area contributed by atoms with Crippen molar-refractivity contribution in [3.05, 3.63) is 22.7 Å². The number of amides is 1. The van der Waals surface area contributed by atoms with Gasteiger partial charge < -0.3 is 10.1 Å². The Hall–Kier alpha value is -2.29. The molecular formula is C9H9N5O3S. The molecule has 0 saturated carbocycles. The van der Waals surface area contributed by atoms with Gasteiger partial charge in [0.1, 0.15) is 5.01 Å². The Labute approximate surface area is 105 Å². The normalized spacial score (nSPS) is 10.3. The van der Waals surface area contributed by atoms with E-state index in [1.165, 1.54) is 11.3 Å². The average molecular weight is 267 g/mol. The summed E-state index contributed by atoms with van der Waals surface area (Å²) in [4.78, 5) is 28.6. The smallest absolute Gasteiger partial charge is 0.354 e. The number of aromatic carboxylic acids is 1. The molecule has 18 heavy (non-hydrogen) atoms. The SMILES string of the molecule is CCc1nnc(NC(=O)c2nc[nH]c2C(=O)O)s1. The highest BCUT2D eigenvalue weighted by Gasteiger charge is 2.20. The van der Waals surface area contributed by atoms with Gasteiger partial charge in [-0.05, 0) is 6.42 Å². The topological polar surface area (TPSA) is 121 Å². The number of aromatic amines is 1.